The number of aromatic nitrogens is 2. The summed E-state index contributed by atoms with van der Waals surface area (Å²) in [6, 6.07) is 1.93. The number of rotatable bonds is 2. The van der Waals surface area contributed by atoms with Crippen molar-refractivity contribution in [3.63, 3.8) is 0 Å². The van der Waals surface area contributed by atoms with Crippen LogP contribution in [0.2, 0.25) is 0 Å². The third-order valence-corrected chi connectivity index (χ3v) is 1.80. The van der Waals surface area contributed by atoms with Crippen molar-refractivity contribution in [3.8, 4) is 0 Å². The maximum Gasteiger partial charge on any atom is 0.0703 e. The molecule has 1 aromatic rings. The maximum atomic E-state index is 9.01. The monoisotopic (exact) mass is 184 g/mol. The van der Waals surface area contributed by atoms with Crippen molar-refractivity contribution in [1.29, 1.82) is 0 Å². The third-order valence-electron chi connectivity index (χ3n) is 1.80. The van der Waals surface area contributed by atoms with E-state index in [-0.39, 0.29) is 12.0 Å². The normalized spacial score (nSPS) is 10.6. The highest BCUT2D eigenvalue weighted by Crippen LogP contribution is 2.19. The second-order valence-electron chi connectivity index (χ2n) is 3.42. The topological polar surface area (TPSA) is 38.0 Å². The van der Waals surface area contributed by atoms with Crippen molar-refractivity contribution in [2.75, 3.05) is 6.61 Å². The molecular formula is C10H20N2O. The Balaban J connectivity index is 0.000000671. The standard InChI is InChI=1S/C8H14N2O.C2H6/c1-8(2,6-11)7-4-5-10(3)9-7;1-2/h4-5,11H,6H2,1-3H3;1-2H3. The highest BCUT2D eigenvalue weighted by molar-refractivity contribution is 5.11. The van der Waals surface area contributed by atoms with E-state index in [1.54, 1.807) is 4.68 Å². The van der Waals surface area contributed by atoms with Crippen LogP contribution in [0.3, 0.4) is 0 Å². The first-order valence-corrected chi connectivity index (χ1v) is 4.67. The molecule has 0 aliphatic carbocycles. The second kappa shape index (κ2) is 5.02. The summed E-state index contributed by atoms with van der Waals surface area (Å²) in [6.45, 7) is 8.06. The lowest BCUT2D eigenvalue weighted by Crippen LogP contribution is -2.22. The van der Waals surface area contributed by atoms with Gasteiger partial charge >= 0.3 is 0 Å². The van der Waals surface area contributed by atoms with Gasteiger partial charge in [0.1, 0.15) is 0 Å². The third kappa shape index (κ3) is 3.19. The molecule has 0 unspecified atom stereocenters. The molecule has 0 aliphatic heterocycles. The van der Waals surface area contributed by atoms with Crippen LogP contribution in [0.1, 0.15) is 33.4 Å². The molecule has 1 aromatic heterocycles. The Morgan fingerprint density at radius 2 is 2.00 bits per heavy atom. The minimum atomic E-state index is -0.221. The van der Waals surface area contributed by atoms with Crippen molar-refractivity contribution in [3.05, 3.63) is 18.0 Å². The Hall–Kier alpha value is -0.830. The lowest BCUT2D eigenvalue weighted by atomic mass is 9.91. The Morgan fingerprint density at radius 1 is 1.46 bits per heavy atom. The first-order chi connectivity index (χ1) is 6.06. The molecule has 0 saturated heterocycles. The summed E-state index contributed by atoms with van der Waals surface area (Å²) in [5, 5.41) is 13.2. The van der Waals surface area contributed by atoms with Crippen LogP contribution < -0.4 is 0 Å². The quantitative estimate of drug-likeness (QED) is 0.760. The predicted molar refractivity (Wildman–Crippen MR) is 54.7 cm³/mol. The van der Waals surface area contributed by atoms with Crippen LogP contribution in [0.15, 0.2) is 12.3 Å². The van der Waals surface area contributed by atoms with Crippen molar-refractivity contribution in [1.82, 2.24) is 9.78 Å². The van der Waals surface area contributed by atoms with Gasteiger partial charge in [0.2, 0.25) is 0 Å². The van der Waals surface area contributed by atoms with Gasteiger partial charge < -0.3 is 5.11 Å². The van der Waals surface area contributed by atoms with E-state index >= 15 is 0 Å². The summed E-state index contributed by atoms with van der Waals surface area (Å²) in [6.07, 6.45) is 1.88. The molecule has 0 bridgehead atoms. The highest BCUT2D eigenvalue weighted by Gasteiger charge is 2.21. The minimum Gasteiger partial charge on any atom is -0.395 e. The summed E-state index contributed by atoms with van der Waals surface area (Å²) in [7, 11) is 1.87. The first kappa shape index (κ1) is 12.2. The number of aryl methyl sites for hydroxylation is 1. The van der Waals surface area contributed by atoms with E-state index in [1.165, 1.54) is 0 Å². The summed E-state index contributed by atoms with van der Waals surface area (Å²) >= 11 is 0. The molecule has 1 N–H and O–H groups in total. The zero-order chi connectivity index (χ0) is 10.5. The smallest absolute Gasteiger partial charge is 0.0703 e. The zero-order valence-electron chi connectivity index (χ0n) is 9.20. The fourth-order valence-corrected chi connectivity index (χ4v) is 0.857. The van der Waals surface area contributed by atoms with E-state index in [0.29, 0.717) is 0 Å². The van der Waals surface area contributed by atoms with Crippen molar-refractivity contribution in [2.24, 2.45) is 7.05 Å². The Morgan fingerprint density at radius 3 is 2.31 bits per heavy atom. The lowest BCUT2D eigenvalue weighted by Gasteiger charge is -2.17. The average Bonchev–Trinajstić information content (AvgIpc) is 2.56. The molecule has 1 heterocycles. The molecular weight excluding hydrogens is 164 g/mol. The molecule has 0 radical (unpaired) electrons. The van der Waals surface area contributed by atoms with Gasteiger partial charge in [0.15, 0.2) is 0 Å². The summed E-state index contributed by atoms with van der Waals surface area (Å²) in [5.74, 6) is 0. The van der Waals surface area contributed by atoms with Crippen LogP contribution in [0, 0.1) is 0 Å². The fraction of sp³-hybridized carbons (Fsp3) is 0.700. The Labute approximate surface area is 80.4 Å². The van der Waals surface area contributed by atoms with Crippen LogP contribution >= 0.6 is 0 Å². The molecule has 0 amide bonds. The molecule has 13 heavy (non-hydrogen) atoms. The van der Waals surface area contributed by atoms with Crippen LogP contribution in [0.5, 0.6) is 0 Å². The van der Waals surface area contributed by atoms with Gasteiger partial charge in [0, 0.05) is 18.7 Å². The highest BCUT2D eigenvalue weighted by atomic mass is 16.3. The molecule has 0 atom stereocenters. The zero-order valence-corrected chi connectivity index (χ0v) is 9.20. The van der Waals surface area contributed by atoms with Gasteiger partial charge in [0.25, 0.3) is 0 Å². The van der Waals surface area contributed by atoms with Crippen molar-refractivity contribution in [2.45, 2.75) is 33.1 Å². The molecule has 0 aliphatic rings. The molecule has 0 fully saturated rings. The summed E-state index contributed by atoms with van der Waals surface area (Å²) < 4.78 is 1.74. The van der Waals surface area contributed by atoms with Crippen LogP contribution in [0.4, 0.5) is 0 Å². The van der Waals surface area contributed by atoms with Crippen molar-refractivity contribution < 1.29 is 5.11 Å². The fourth-order valence-electron chi connectivity index (χ4n) is 0.857. The van der Waals surface area contributed by atoms with Gasteiger partial charge in [0.05, 0.1) is 12.3 Å². The number of aliphatic hydroxyl groups is 1. The summed E-state index contributed by atoms with van der Waals surface area (Å²) in [4.78, 5) is 0. The molecule has 76 valence electrons. The number of nitrogens with zero attached hydrogens (tertiary/aromatic N) is 2. The van der Waals surface area contributed by atoms with E-state index in [9.17, 15) is 0 Å². The molecule has 0 aromatic carbocycles. The van der Waals surface area contributed by atoms with Gasteiger partial charge in [-0.15, -0.1) is 0 Å². The molecule has 0 saturated carbocycles. The second-order valence-corrected chi connectivity index (χ2v) is 3.42. The van der Waals surface area contributed by atoms with E-state index in [2.05, 4.69) is 5.10 Å². The van der Waals surface area contributed by atoms with Crippen LogP contribution in [-0.2, 0) is 12.5 Å². The van der Waals surface area contributed by atoms with E-state index in [1.807, 2.05) is 47.0 Å². The summed E-state index contributed by atoms with van der Waals surface area (Å²) in [5.41, 5.74) is 0.712. The number of hydrogen-bond acceptors (Lipinski definition) is 2. The van der Waals surface area contributed by atoms with E-state index < -0.39 is 0 Å². The number of hydrogen-bond donors (Lipinski definition) is 1. The van der Waals surface area contributed by atoms with Crippen LogP contribution in [-0.4, -0.2) is 21.5 Å². The SMILES string of the molecule is CC.Cn1ccc(C(C)(C)CO)n1. The predicted octanol–water partition coefficient (Wildman–Crippen LogP) is 1.72. The van der Waals surface area contributed by atoms with Gasteiger partial charge in [-0.25, -0.2) is 0 Å². The Kier molecular flexibility index (Phi) is 4.70. The van der Waals surface area contributed by atoms with Gasteiger partial charge in [-0.3, -0.25) is 4.68 Å². The van der Waals surface area contributed by atoms with Crippen molar-refractivity contribution >= 4 is 0 Å². The molecule has 1 rings (SSSR count). The maximum absolute atomic E-state index is 9.01. The Bertz CT molecular complexity index is 241. The number of aliphatic hydroxyl groups excluding tert-OH is 1. The van der Waals surface area contributed by atoms with Gasteiger partial charge in [-0.05, 0) is 6.07 Å². The average molecular weight is 184 g/mol. The first-order valence-electron chi connectivity index (χ1n) is 4.67. The van der Waals surface area contributed by atoms with E-state index in [0.717, 1.165) is 5.69 Å². The van der Waals surface area contributed by atoms with Gasteiger partial charge in [-0.2, -0.15) is 5.10 Å². The molecule has 3 nitrogen and oxygen atoms in total. The lowest BCUT2D eigenvalue weighted by molar-refractivity contribution is 0.214. The minimum absolute atomic E-state index is 0.129. The van der Waals surface area contributed by atoms with E-state index in [4.69, 9.17) is 5.11 Å². The van der Waals surface area contributed by atoms with Gasteiger partial charge in [-0.1, -0.05) is 27.7 Å². The molecule has 0 spiro atoms. The van der Waals surface area contributed by atoms with Crippen LogP contribution in [0.25, 0.3) is 0 Å². The largest absolute Gasteiger partial charge is 0.395 e. The molecule has 3 heteroatoms.